The van der Waals surface area contributed by atoms with E-state index in [4.69, 9.17) is 15.6 Å². The molecule has 0 radical (unpaired) electrons. The SMILES string of the molecule is Cc1ccc2nc(C(C)Nc3nc(N)nc4[nH]cnc34)n(-c3cccc(F)c3)c(=O)c2n1.O=C(O)C(F)(F)F. The van der Waals surface area contributed by atoms with Gasteiger partial charge in [0.25, 0.3) is 5.56 Å². The number of hydrogen-bond acceptors (Lipinski definition) is 9. The van der Waals surface area contributed by atoms with E-state index in [1.54, 1.807) is 25.1 Å². The molecule has 0 aliphatic heterocycles. The van der Waals surface area contributed by atoms with Crippen molar-refractivity contribution in [2.45, 2.75) is 26.1 Å². The van der Waals surface area contributed by atoms with Crippen LogP contribution in [0.25, 0.3) is 27.9 Å². The molecule has 5 aromatic rings. The summed E-state index contributed by atoms with van der Waals surface area (Å²) < 4.78 is 47.1. The second-order valence-electron chi connectivity index (χ2n) is 8.11. The van der Waals surface area contributed by atoms with Crippen molar-refractivity contribution in [3.8, 4) is 5.69 Å². The molecule has 4 heterocycles. The van der Waals surface area contributed by atoms with Crippen molar-refractivity contribution < 1.29 is 27.5 Å². The van der Waals surface area contributed by atoms with E-state index >= 15 is 0 Å². The summed E-state index contributed by atoms with van der Waals surface area (Å²) in [5.41, 5.74) is 8.03. The summed E-state index contributed by atoms with van der Waals surface area (Å²) in [6.45, 7) is 3.60. The van der Waals surface area contributed by atoms with Gasteiger partial charge >= 0.3 is 12.1 Å². The van der Waals surface area contributed by atoms with E-state index in [1.807, 2.05) is 6.92 Å². The Hall–Kier alpha value is -5.15. The summed E-state index contributed by atoms with van der Waals surface area (Å²) >= 11 is 0. The third-order valence-corrected chi connectivity index (χ3v) is 5.23. The number of aromatic amines is 1. The minimum atomic E-state index is -5.08. The van der Waals surface area contributed by atoms with E-state index in [0.29, 0.717) is 39.7 Å². The number of nitrogens with zero attached hydrogens (tertiary/aromatic N) is 6. The fourth-order valence-electron chi connectivity index (χ4n) is 3.56. The van der Waals surface area contributed by atoms with Gasteiger partial charge in [-0.1, -0.05) is 6.07 Å². The molecular weight excluding hydrogens is 526 g/mol. The normalized spacial score (nSPS) is 12.2. The molecular formula is C23H19F4N9O3. The van der Waals surface area contributed by atoms with Crippen molar-refractivity contribution in [1.29, 1.82) is 0 Å². The molecule has 5 rings (SSSR count). The molecule has 16 heteroatoms. The van der Waals surface area contributed by atoms with Gasteiger partial charge in [0.2, 0.25) is 5.95 Å². The maximum atomic E-state index is 14.0. The summed E-state index contributed by atoms with van der Waals surface area (Å²) in [6, 6.07) is 8.73. The van der Waals surface area contributed by atoms with Gasteiger partial charge in [-0.05, 0) is 44.2 Å². The van der Waals surface area contributed by atoms with Gasteiger partial charge in [0.15, 0.2) is 17.0 Å². The predicted molar refractivity (Wildman–Crippen MR) is 132 cm³/mol. The van der Waals surface area contributed by atoms with Gasteiger partial charge in [0.1, 0.15) is 17.2 Å². The van der Waals surface area contributed by atoms with Gasteiger partial charge in [-0.15, -0.1) is 0 Å². The van der Waals surface area contributed by atoms with E-state index in [-0.39, 0.29) is 11.5 Å². The first-order valence-electron chi connectivity index (χ1n) is 11.0. The van der Waals surface area contributed by atoms with Gasteiger partial charge in [-0.3, -0.25) is 9.36 Å². The number of rotatable bonds is 4. The summed E-state index contributed by atoms with van der Waals surface area (Å²) in [5, 5.41) is 10.3. The number of carboxylic acids is 1. The average Bonchev–Trinajstić information content (AvgIpc) is 3.32. The fourth-order valence-corrected chi connectivity index (χ4v) is 3.56. The summed E-state index contributed by atoms with van der Waals surface area (Å²) in [6.07, 6.45) is -3.60. The first-order valence-corrected chi connectivity index (χ1v) is 11.0. The Kier molecular flexibility index (Phi) is 7.11. The number of imidazole rings is 1. The number of nitrogens with one attached hydrogen (secondary N) is 2. The maximum Gasteiger partial charge on any atom is 0.490 e. The molecule has 5 N–H and O–H groups in total. The molecule has 1 aromatic carbocycles. The summed E-state index contributed by atoms with van der Waals surface area (Å²) in [4.78, 5) is 46.8. The molecule has 1 unspecified atom stereocenters. The molecule has 4 aromatic heterocycles. The van der Waals surface area contributed by atoms with Crippen LogP contribution in [0.15, 0.2) is 47.5 Å². The molecule has 0 bridgehead atoms. The van der Waals surface area contributed by atoms with Crippen LogP contribution in [0, 0.1) is 12.7 Å². The number of pyridine rings is 1. The molecule has 202 valence electrons. The number of carbonyl (C=O) groups is 1. The molecule has 0 aliphatic carbocycles. The summed E-state index contributed by atoms with van der Waals surface area (Å²) in [7, 11) is 0. The van der Waals surface area contributed by atoms with Crippen LogP contribution < -0.4 is 16.6 Å². The van der Waals surface area contributed by atoms with Crippen LogP contribution in [0.1, 0.15) is 24.5 Å². The molecule has 12 nitrogen and oxygen atoms in total. The number of anilines is 2. The monoisotopic (exact) mass is 545 g/mol. The van der Waals surface area contributed by atoms with Crippen LogP contribution >= 0.6 is 0 Å². The highest BCUT2D eigenvalue weighted by Crippen LogP contribution is 2.24. The smallest absolute Gasteiger partial charge is 0.475 e. The standard InChI is InChI=1S/C21H18FN9O.C2HF3O2/c1-10-6-7-14-15(26-10)20(32)31(13-5-3-4-12(22)8-13)19(28-14)11(2)27-18-16-17(25-9-24-16)29-21(23)30-18;3-2(4,5)1(6)7/h3-9,11H,1-2H3,(H4,23,24,25,27,29,30);(H,6,7). The number of nitrogen functional groups attached to an aromatic ring is 1. The number of halogens is 4. The van der Waals surface area contributed by atoms with E-state index in [1.165, 1.54) is 29.1 Å². The molecule has 0 spiro atoms. The number of benzene rings is 1. The van der Waals surface area contributed by atoms with Gasteiger partial charge in [0, 0.05) is 5.69 Å². The number of hydrogen-bond donors (Lipinski definition) is 4. The highest BCUT2D eigenvalue weighted by molar-refractivity contribution is 5.83. The van der Waals surface area contributed by atoms with Crippen molar-refractivity contribution in [3.05, 3.63) is 70.4 Å². The zero-order valence-corrected chi connectivity index (χ0v) is 20.2. The molecule has 0 saturated carbocycles. The topological polar surface area (TPSA) is 178 Å². The lowest BCUT2D eigenvalue weighted by Crippen LogP contribution is -2.28. The number of aliphatic carboxylic acids is 1. The minimum Gasteiger partial charge on any atom is -0.475 e. The van der Waals surface area contributed by atoms with E-state index in [9.17, 15) is 22.4 Å². The van der Waals surface area contributed by atoms with E-state index in [2.05, 4.69) is 35.2 Å². The van der Waals surface area contributed by atoms with Crippen molar-refractivity contribution in [3.63, 3.8) is 0 Å². The lowest BCUT2D eigenvalue weighted by atomic mass is 10.2. The lowest BCUT2D eigenvalue weighted by Gasteiger charge is -2.20. The number of aromatic nitrogens is 7. The van der Waals surface area contributed by atoms with Crippen molar-refractivity contribution in [2.75, 3.05) is 11.1 Å². The zero-order chi connectivity index (χ0) is 28.5. The molecule has 0 aliphatic rings. The molecule has 0 saturated heterocycles. The number of aryl methyl sites for hydroxylation is 1. The third kappa shape index (κ3) is 5.73. The number of alkyl halides is 3. The first-order chi connectivity index (χ1) is 18.3. The predicted octanol–water partition coefficient (Wildman–Crippen LogP) is 3.28. The van der Waals surface area contributed by atoms with Crippen LogP contribution in [-0.4, -0.2) is 51.7 Å². The second-order valence-corrected chi connectivity index (χ2v) is 8.11. The van der Waals surface area contributed by atoms with Gasteiger partial charge in [0.05, 0.1) is 23.6 Å². The molecule has 0 amide bonds. The van der Waals surface area contributed by atoms with E-state index < -0.39 is 29.6 Å². The lowest BCUT2D eigenvalue weighted by molar-refractivity contribution is -0.192. The Balaban J connectivity index is 0.000000448. The fraction of sp³-hybridized carbons (Fsp3) is 0.174. The van der Waals surface area contributed by atoms with Crippen molar-refractivity contribution in [1.82, 2.24) is 34.5 Å². The van der Waals surface area contributed by atoms with Gasteiger partial charge < -0.3 is 21.1 Å². The maximum absolute atomic E-state index is 14.0. The molecule has 39 heavy (non-hydrogen) atoms. The second kappa shape index (κ2) is 10.3. The minimum absolute atomic E-state index is 0.0603. The quantitative estimate of drug-likeness (QED) is 0.245. The van der Waals surface area contributed by atoms with Crippen LogP contribution in [-0.2, 0) is 4.79 Å². The Bertz CT molecular complexity index is 1750. The van der Waals surface area contributed by atoms with Crippen LogP contribution in [0.3, 0.4) is 0 Å². The third-order valence-electron chi connectivity index (χ3n) is 5.23. The van der Waals surface area contributed by atoms with Crippen LogP contribution in [0.5, 0.6) is 0 Å². The first kappa shape index (κ1) is 26.9. The zero-order valence-electron chi connectivity index (χ0n) is 20.2. The van der Waals surface area contributed by atoms with Crippen molar-refractivity contribution in [2.24, 2.45) is 0 Å². The Morgan fingerprint density at radius 1 is 1.13 bits per heavy atom. The number of fused-ring (bicyclic) bond motifs is 2. The summed E-state index contributed by atoms with van der Waals surface area (Å²) in [5.74, 6) is -2.44. The van der Waals surface area contributed by atoms with Gasteiger partial charge in [-0.25, -0.2) is 24.1 Å². The number of nitrogens with two attached hydrogens (primary N) is 1. The largest absolute Gasteiger partial charge is 0.490 e. The highest BCUT2D eigenvalue weighted by Gasteiger charge is 2.38. The Labute approximate surface area is 215 Å². The average molecular weight is 545 g/mol. The number of H-pyrrole nitrogens is 1. The van der Waals surface area contributed by atoms with Crippen molar-refractivity contribution >= 4 is 39.9 Å². The van der Waals surface area contributed by atoms with Crippen LogP contribution in [0.2, 0.25) is 0 Å². The van der Waals surface area contributed by atoms with E-state index in [0.717, 1.165) is 0 Å². The molecule has 0 fully saturated rings. The van der Waals surface area contributed by atoms with Gasteiger partial charge in [-0.2, -0.15) is 23.1 Å². The Morgan fingerprint density at radius 2 is 1.85 bits per heavy atom. The van der Waals surface area contributed by atoms with Crippen LogP contribution in [0.4, 0.5) is 29.3 Å². The number of carboxylic acid groups (broad SMARTS) is 1. The highest BCUT2D eigenvalue weighted by atomic mass is 19.4. The molecule has 1 atom stereocenters. The Morgan fingerprint density at radius 3 is 2.51 bits per heavy atom.